The number of aromatic nitrogens is 5. The van der Waals surface area contributed by atoms with Gasteiger partial charge in [-0.2, -0.15) is 0 Å². The van der Waals surface area contributed by atoms with E-state index in [9.17, 15) is 4.79 Å². The number of thioether (sulfide) groups is 1. The molecule has 0 saturated heterocycles. The van der Waals surface area contributed by atoms with Crippen molar-refractivity contribution in [1.29, 1.82) is 0 Å². The molecule has 0 aliphatic rings. The number of nitrogens with one attached hydrogen (secondary N) is 1. The molecule has 3 heterocycles. The standard InChI is InChI=1S/C18H13ClN6OS2/c19-13-3-5-14(6-4-13)25-16(12-2-1-7-20-10-12)23-24-18(25)28-11-15(26)22-17-21-8-9-27-17/h1-10H,11H2,(H,21,22,26). The summed E-state index contributed by atoms with van der Waals surface area (Å²) in [6.45, 7) is 0. The Bertz CT molecular complexity index is 1070. The fraction of sp³-hybridized carbons (Fsp3) is 0.0556. The van der Waals surface area contributed by atoms with E-state index in [1.54, 1.807) is 36.1 Å². The highest BCUT2D eigenvalue weighted by Gasteiger charge is 2.17. The van der Waals surface area contributed by atoms with Crippen molar-refractivity contribution in [3.05, 3.63) is 65.4 Å². The number of halogens is 1. The molecular weight excluding hydrogens is 416 g/mol. The summed E-state index contributed by atoms with van der Waals surface area (Å²) >= 11 is 8.69. The monoisotopic (exact) mass is 428 g/mol. The first-order valence-corrected chi connectivity index (χ1v) is 10.4. The topological polar surface area (TPSA) is 85.6 Å². The van der Waals surface area contributed by atoms with Gasteiger partial charge in [0.15, 0.2) is 16.1 Å². The average Bonchev–Trinajstić information content (AvgIpc) is 3.37. The molecule has 4 rings (SSSR count). The lowest BCUT2D eigenvalue weighted by molar-refractivity contribution is -0.113. The van der Waals surface area contributed by atoms with Crippen molar-refractivity contribution in [2.45, 2.75) is 5.16 Å². The fourth-order valence-electron chi connectivity index (χ4n) is 2.44. The first-order chi connectivity index (χ1) is 13.7. The zero-order valence-electron chi connectivity index (χ0n) is 14.3. The predicted octanol–water partition coefficient (Wildman–Crippen LogP) is 4.17. The zero-order valence-corrected chi connectivity index (χ0v) is 16.7. The number of hydrogen-bond donors (Lipinski definition) is 1. The van der Waals surface area contributed by atoms with Gasteiger partial charge in [0.25, 0.3) is 0 Å². The molecule has 140 valence electrons. The minimum atomic E-state index is -0.159. The van der Waals surface area contributed by atoms with Gasteiger partial charge in [0.05, 0.1) is 5.75 Å². The molecule has 28 heavy (non-hydrogen) atoms. The van der Waals surface area contributed by atoms with Crippen LogP contribution in [0.1, 0.15) is 0 Å². The van der Waals surface area contributed by atoms with Gasteiger partial charge in [-0.1, -0.05) is 23.4 Å². The van der Waals surface area contributed by atoms with E-state index in [4.69, 9.17) is 11.6 Å². The van der Waals surface area contributed by atoms with Gasteiger partial charge < -0.3 is 5.32 Å². The molecule has 1 amide bonds. The van der Waals surface area contributed by atoms with Crippen molar-refractivity contribution in [1.82, 2.24) is 24.7 Å². The van der Waals surface area contributed by atoms with E-state index in [1.807, 2.05) is 28.8 Å². The summed E-state index contributed by atoms with van der Waals surface area (Å²) < 4.78 is 1.88. The Balaban J connectivity index is 1.62. The molecule has 0 bridgehead atoms. The van der Waals surface area contributed by atoms with Gasteiger partial charge in [0.2, 0.25) is 5.91 Å². The summed E-state index contributed by atoms with van der Waals surface area (Å²) in [5.74, 6) is 0.657. The van der Waals surface area contributed by atoms with Crippen LogP contribution in [0, 0.1) is 0 Å². The van der Waals surface area contributed by atoms with Gasteiger partial charge in [-0.05, 0) is 36.4 Å². The van der Waals surface area contributed by atoms with Gasteiger partial charge in [-0.25, -0.2) is 4.98 Å². The number of thiazole rings is 1. The Kier molecular flexibility index (Phi) is 5.65. The average molecular weight is 429 g/mol. The third-order valence-electron chi connectivity index (χ3n) is 3.65. The normalized spacial score (nSPS) is 10.8. The van der Waals surface area contributed by atoms with Gasteiger partial charge in [0.1, 0.15) is 0 Å². The number of carbonyl (C=O) groups excluding carboxylic acids is 1. The van der Waals surface area contributed by atoms with Gasteiger partial charge >= 0.3 is 0 Å². The molecule has 0 saturated carbocycles. The van der Waals surface area contributed by atoms with Gasteiger partial charge in [-0.3, -0.25) is 14.3 Å². The molecule has 3 aromatic heterocycles. The molecule has 0 spiro atoms. The molecule has 0 aliphatic heterocycles. The lowest BCUT2D eigenvalue weighted by Crippen LogP contribution is -2.14. The Labute approximate surface area is 173 Å². The lowest BCUT2D eigenvalue weighted by Gasteiger charge is -2.10. The zero-order chi connectivity index (χ0) is 19.3. The number of carbonyl (C=O) groups is 1. The first-order valence-electron chi connectivity index (χ1n) is 8.14. The summed E-state index contributed by atoms with van der Waals surface area (Å²) in [6, 6.07) is 11.1. The highest BCUT2D eigenvalue weighted by atomic mass is 35.5. The smallest absolute Gasteiger partial charge is 0.236 e. The number of pyridine rings is 1. The Hall–Kier alpha value is -2.75. The van der Waals surface area contributed by atoms with Crippen LogP contribution < -0.4 is 5.32 Å². The third-order valence-corrected chi connectivity index (χ3v) is 5.52. The number of nitrogens with zero attached hydrogens (tertiary/aromatic N) is 5. The van der Waals surface area contributed by atoms with Crippen LogP contribution in [0.25, 0.3) is 17.1 Å². The van der Waals surface area contributed by atoms with Crippen molar-refractivity contribution in [2.75, 3.05) is 11.1 Å². The number of benzene rings is 1. The molecule has 0 radical (unpaired) electrons. The van der Waals surface area contributed by atoms with E-state index in [2.05, 4.69) is 25.5 Å². The van der Waals surface area contributed by atoms with Crippen molar-refractivity contribution < 1.29 is 4.79 Å². The van der Waals surface area contributed by atoms with Crippen molar-refractivity contribution in [3.8, 4) is 17.1 Å². The van der Waals surface area contributed by atoms with Crippen molar-refractivity contribution in [3.63, 3.8) is 0 Å². The van der Waals surface area contributed by atoms with Crippen LogP contribution in [0.15, 0.2) is 65.5 Å². The van der Waals surface area contributed by atoms with Gasteiger partial charge in [-0.15, -0.1) is 21.5 Å². The molecule has 0 atom stereocenters. The van der Waals surface area contributed by atoms with Crippen LogP contribution in [-0.4, -0.2) is 36.4 Å². The maximum atomic E-state index is 12.2. The van der Waals surface area contributed by atoms with Gasteiger partial charge in [0, 0.05) is 40.2 Å². The largest absolute Gasteiger partial charge is 0.301 e. The maximum Gasteiger partial charge on any atom is 0.236 e. The molecule has 1 aromatic carbocycles. The second-order valence-electron chi connectivity index (χ2n) is 5.53. The summed E-state index contributed by atoms with van der Waals surface area (Å²) in [7, 11) is 0. The van der Waals surface area contributed by atoms with Crippen LogP contribution >= 0.6 is 34.7 Å². The Morgan fingerprint density at radius 3 is 2.75 bits per heavy atom. The van der Waals surface area contributed by atoms with Crippen LogP contribution in [0.4, 0.5) is 5.13 Å². The summed E-state index contributed by atoms with van der Waals surface area (Å²) in [6.07, 6.45) is 5.07. The van der Waals surface area contributed by atoms with E-state index in [-0.39, 0.29) is 11.7 Å². The molecule has 4 aromatic rings. The molecular formula is C18H13ClN6OS2. The Morgan fingerprint density at radius 1 is 1.18 bits per heavy atom. The molecule has 10 heteroatoms. The number of anilines is 1. The van der Waals surface area contributed by atoms with E-state index in [0.29, 0.717) is 21.1 Å². The molecule has 7 nitrogen and oxygen atoms in total. The number of rotatable bonds is 6. The highest BCUT2D eigenvalue weighted by Crippen LogP contribution is 2.28. The van der Waals surface area contributed by atoms with Crippen LogP contribution in [0.2, 0.25) is 5.02 Å². The van der Waals surface area contributed by atoms with Crippen molar-refractivity contribution >= 4 is 45.7 Å². The third kappa shape index (κ3) is 4.22. The summed E-state index contributed by atoms with van der Waals surface area (Å²) in [5, 5.41) is 15.0. The quantitative estimate of drug-likeness (QED) is 0.464. The Morgan fingerprint density at radius 2 is 2.04 bits per heavy atom. The van der Waals surface area contributed by atoms with Crippen LogP contribution in [0.5, 0.6) is 0 Å². The molecule has 0 fully saturated rings. The van der Waals surface area contributed by atoms with Crippen LogP contribution in [-0.2, 0) is 4.79 Å². The minimum absolute atomic E-state index is 0.159. The highest BCUT2D eigenvalue weighted by molar-refractivity contribution is 7.99. The van der Waals surface area contributed by atoms with E-state index in [0.717, 1.165) is 11.3 Å². The first kappa shape index (κ1) is 18.6. The SMILES string of the molecule is O=C(CSc1nnc(-c2cccnc2)n1-c1ccc(Cl)cc1)Nc1nccs1. The second-order valence-corrected chi connectivity index (χ2v) is 7.81. The van der Waals surface area contributed by atoms with Crippen LogP contribution in [0.3, 0.4) is 0 Å². The minimum Gasteiger partial charge on any atom is -0.301 e. The second kappa shape index (κ2) is 8.51. The lowest BCUT2D eigenvalue weighted by atomic mass is 10.2. The van der Waals surface area contributed by atoms with E-state index >= 15 is 0 Å². The molecule has 0 aliphatic carbocycles. The fourth-order valence-corrected chi connectivity index (χ4v) is 3.86. The van der Waals surface area contributed by atoms with Crippen molar-refractivity contribution in [2.24, 2.45) is 0 Å². The molecule has 1 N–H and O–H groups in total. The number of amides is 1. The maximum absolute atomic E-state index is 12.2. The number of hydrogen-bond acceptors (Lipinski definition) is 7. The summed E-state index contributed by atoms with van der Waals surface area (Å²) in [5.41, 5.74) is 1.67. The van der Waals surface area contributed by atoms with E-state index < -0.39 is 0 Å². The predicted molar refractivity (Wildman–Crippen MR) is 111 cm³/mol. The summed E-state index contributed by atoms with van der Waals surface area (Å²) in [4.78, 5) is 20.4. The molecule has 0 unspecified atom stereocenters. The van der Waals surface area contributed by atoms with E-state index in [1.165, 1.54) is 23.1 Å².